The van der Waals surface area contributed by atoms with E-state index < -0.39 is 0 Å². The predicted molar refractivity (Wildman–Crippen MR) is 81.8 cm³/mol. The number of aromatic nitrogens is 1. The molecule has 0 spiro atoms. The Morgan fingerprint density at radius 1 is 1.53 bits per heavy atom. The Morgan fingerprint density at radius 2 is 2.37 bits per heavy atom. The Kier molecular flexibility index (Phi) is 5.42. The number of carbonyl (C=O) groups is 1. The van der Waals surface area contributed by atoms with Crippen molar-refractivity contribution in [3.63, 3.8) is 0 Å². The molecule has 1 heterocycles. The molecule has 0 amide bonds. The quantitative estimate of drug-likeness (QED) is 0.588. The molecule has 0 bridgehead atoms. The normalized spacial score (nSPS) is 10.4. The first-order valence-corrected chi connectivity index (χ1v) is 8.34. The molecule has 0 aliphatic rings. The van der Waals surface area contributed by atoms with Crippen molar-refractivity contribution in [2.45, 2.75) is 17.6 Å². The van der Waals surface area contributed by atoms with Crippen LogP contribution in [0, 0.1) is 0 Å². The van der Waals surface area contributed by atoms with Gasteiger partial charge in [-0.05, 0) is 25.1 Å². The second kappa shape index (κ2) is 7.07. The molecule has 0 saturated heterocycles. The lowest BCUT2D eigenvalue weighted by molar-refractivity contribution is 0.0520. The molecule has 0 radical (unpaired) electrons. The van der Waals surface area contributed by atoms with E-state index in [1.54, 1.807) is 24.1 Å². The van der Waals surface area contributed by atoms with Crippen LogP contribution in [-0.2, 0) is 10.5 Å². The van der Waals surface area contributed by atoms with Crippen LogP contribution in [-0.4, -0.2) is 17.6 Å². The summed E-state index contributed by atoms with van der Waals surface area (Å²) in [4.78, 5) is 16.9. The summed E-state index contributed by atoms with van der Waals surface area (Å²) in [6.45, 7) is 2.16. The number of hydrogen-bond acceptors (Lipinski definition) is 5. The fraction of sp³-hybridized carbons (Fsp3) is 0.231. The average Bonchev–Trinajstić information content (AvgIpc) is 2.86. The number of halogens is 1. The molecule has 100 valence electrons. The Balaban J connectivity index is 1.95. The van der Waals surface area contributed by atoms with Gasteiger partial charge in [0, 0.05) is 14.7 Å². The zero-order chi connectivity index (χ0) is 13.7. The van der Waals surface area contributed by atoms with Gasteiger partial charge in [0.25, 0.3) is 0 Å². The van der Waals surface area contributed by atoms with Crippen LogP contribution in [0.2, 0.25) is 0 Å². The number of nitrogens with zero attached hydrogens (tertiary/aromatic N) is 1. The third-order valence-electron chi connectivity index (χ3n) is 2.19. The van der Waals surface area contributed by atoms with Crippen molar-refractivity contribution in [3.05, 3.63) is 44.8 Å². The fourth-order valence-electron chi connectivity index (χ4n) is 1.38. The lowest BCUT2D eigenvalue weighted by atomic mass is 10.4. The summed E-state index contributed by atoms with van der Waals surface area (Å²) < 4.78 is 5.97. The third kappa shape index (κ3) is 4.33. The van der Waals surface area contributed by atoms with Gasteiger partial charge in [0.2, 0.25) is 0 Å². The topological polar surface area (TPSA) is 39.2 Å². The first-order chi connectivity index (χ1) is 9.19. The maximum absolute atomic E-state index is 11.5. The number of thiazole rings is 1. The van der Waals surface area contributed by atoms with E-state index in [0.717, 1.165) is 15.2 Å². The van der Waals surface area contributed by atoms with Gasteiger partial charge in [0.05, 0.1) is 12.4 Å². The van der Waals surface area contributed by atoms with Gasteiger partial charge >= 0.3 is 5.97 Å². The fourth-order valence-corrected chi connectivity index (χ4v) is 3.66. The maximum atomic E-state index is 11.5. The monoisotopic (exact) mass is 357 g/mol. The minimum absolute atomic E-state index is 0.350. The zero-order valence-electron chi connectivity index (χ0n) is 10.3. The highest BCUT2D eigenvalue weighted by atomic mass is 79.9. The average molecular weight is 358 g/mol. The summed E-state index contributed by atoms with van der Waals surface area (Å²) in [6.07, 6.45) is 0. The van der Waals surface area contributed by atoms with E-state index >= 15 is 0 Å². The standard InChI is InChI=1S/C13H12BrNO2S2/c1-2-17-13(16)11-7-19-12(15-11)8-18-10-5-3-4-9(14)6-10/h3-7H,2,8H2,1H3. The van der Waals surface area contributed by atoms with Crippen molar-refractivity contribution in [1.29, 1.82) is 0 Å². The van der Waals surface area contributed by atoms with Gasteiger partial charge in [0.15, 0.2) is 5.69 Å². The third-order valence-corrected chi connectivity index (χ3v) is 4.72. The summed E-state index contributed by atoms with van der Waals surface area (Å²) in [5.74, 6) is 0.401. The van der Waals surface area contributed by atoms with Gasteiger partial charge in [-0.1, -0.05) is 22.0 Å². The molecule has 2 aromatic rings. The minimum atomic E-state index is -0.350. The van der Waals surface area contributed by atoms with Gasteiger partial charge in [-0.3, -0.25) is 0 Å². The van der Waals surface area contributed by atoms with E-state index in [9.17, 15) is 4.79 Å². The Bertz CT molecular complexity index is 571. The molecule has 0 unspecified atom stereocenters. The van der Waals surface area contributed by atoms with Crippen LogP contribution in [0.3, 0.4) is 0 Å². The summed E-state index contributed by atoms with van der Waals surface area (Å²) in [5.41, 5.74) is 0.400. The van der Waals surface area contributed by atoms with E-state index in [2.05, 4.69) is 33.0 Å². The van der Waals surface area contributed by atoms with Crippen molar-refractivity contribution in [1.82, 2.24) is 4.98 Å². The molecule has 6 heteroatoms. The largest absolute Gasteiger partial charge is 0.461 e. The Hall–Kier alpha value is -0.850. The van der Waals surface area contributed by atoms with Crippen molar-refractivity contribution >= 4 is 45.0 Å². The van der Waals surface area contributed by atoms with Gasteiger partial charge in [-0.15, -0.1) is 23.1 Å². The number of benzene rings is 1. The summed E-state index contributed by atoms with van der Waals surface area (Å²) in [6, 6.07) is 8.10. The van der Waals surface area contributed by atoms with E-state index in [0.29, 0.717) is 12.3 Å². The highest BCUT2D eigenvalue weighted by molar-refractivity contribution is 9.10. The smallest absolute Gasteiger partial charge is 0.357 e. The molecule has 2 rings (SSSR count). The second-order valence-electron chi connectivity index (χ2n) is 3.59. The van der Waals surface area contributed by atoms with Crippen LogP contribution in [0.5, 0.6) is 0 Å². The second-order valence-corrected chi connectivity index (χ2v) is 6.50. The van der Waals surface area contributed by atoms with Gasteiger partial charge in [0.1, 0.15) is 5.01 Å². The number of rotatable bonds is 5. The number of esters is 1. The molecule has 19 heavy (non-hydrogen) atoms. The summed E-state index contributed by atoms with van der Waals surface area (Å²) in [5, 5.41) is 2.67. The van der Waals surface area contributed by atoms with Crippen molar-refractivity contribution < 1.29 is 9.53 Å². The number of thioether (sulfide) groups is 1. The summed E-state index contributed by atoms with van der Waals surface area (Å²) >= 11 is 6.62. The molecular weight excluding hydrogens is 346 g/mol. The molecule has 0 saturated carbocycles. The Labute approximate surface area is 128 Å². The molecule has 0 fully saturated rings. The van der Waals surface area contributed by atoms with E-state index in [-0.39, 0.29) is 5.97 Å². The van der Waals surface area contributed by atoms with Crippen molar-refractivity contribution in [2.24, 2.45) is 0 Å². The first-order valence-electron chi connectivity index (χ1n) is 5.69. The van der Waals surface area contributed by atoms with Crippen molar-refractivity contribution in [2.75, 3.05) is 6.61 Å². The maximum Gasteiger partial charge on any atom is 0.357 e. The van der Waals surface area contributed by atoms with Crippen LogP contribution in [0.1, 0.15) is 22.4 Å². The zero-order valence-corrected chi connectivity index (χ0v) is 13.5. The summed E-state index contributed by atoms with van der Waals surface area (Å²) in [7, 11) is 0. The van der Waals surface area contributed by atoms with Crippen LogP contribution < -0.4 is 0 Å². The van der Waals surface area contributed by atoms with Crippen LogP contribution >= 0.6 is 39.0 Å². The van der Waals surface area contributed by atoms with Gasteiger partial charge in [-0.2, -0.15) is 0 Å². The van der Waals surface area contributed by atoms with Crippen LogP contribution in [0.15, 0.2) is 39.0 Å². The SMILES string of the molecule is CCOC(=O)c1csc(CSc2cccc(Br)c2)n1. The number of hydrogen-bond donors (Lipinski definition) is 0. The van der Waals surface area contributed by atoms with E-state index in [1.807, 2.05) is 12.1 Å². The molecule has 0 atom stereocenters. The molecule has 0 aliphatic carbocycles. The lowest BCUT2D eigenvalue weighted by Crippen LogP contribution is -2.04. The predicted octanol–water partition coefficient (Wildman–Crippen LogP) is 4.37. The number of ether oxygens (including phenoxy) is 1. The molecule has 0 N–H and O–H groups in total. The van der Waals surface area contributed by atoms with E-state index in [1.165, 1.54) is 16.2 Å². The molecule has 1 aromatic carbocycles. The first kappa shape index (κ1) is 14.6. The molecule has 0 aliphatic heterocycles. The molecule has 1 aromatic heterocycles. The van der Waals surface area contributed by atoms with Crippen molar-refractivity contribution in [3.8, 4) is 0 Å². The van der Waals surface area contributed by atoms with Gasteiger partial charge < -0.3 is 4.74 Å². The number of carbonyl (C=O) groups excluding carboxylic acids is 1. The van der Waals surface area contributed by atoms with Gasteiger partial charge in [-0.25, -0.2) is 9.78 Å². The Morgan fingerprint density at radius 3 is 3.11 bits per heavy atom. The van der Waals surface area contributed by atoms with Crippen LogP contribution in [0.4, 0.5) is 0 Å². The minimum Gasteiger partial charge on any atom is -0.461 e. The van der Waals surface area contributed by atoms with Crippen LogP contribution in [0.25, 0.3) is 0 Å². The highest BCUT2D eigenvalue weighted by Gasteiger charge is 2.11. The highest BCUT2D eigenvalue weighted by Crippen LogP contribution is 2.26. The van der Waals surface area contributed by atoms with E-state index in [4.69, 9.17) is 4.74 Å². The lowest BCUT2D eigenvalue weighted by Gasteiger charge is -1.99. The molecular formula is C13H12BrNO2S2. The molecule has 3 nitrogen and oxygen atoms in total.